The molecule has 3 heterocycles. The summed E-state index contributed by atoms with van der Waals surface area (Å²) in [5.41, 5.74) is 1.90. The van der Waals surface area contributed by atoms with E-state index in [0.29, 0.717) is 25.2 Å². The number of rotatable bonds is 1. The number of amides is 2. The molecule has 6 heteroatoms. The van der Waals surface area contributed by atoms with Crippen molar-refractivity contribution in [3.8, 4) is 0 Å². The van der Waals surface area contributed by atoms with Crippen molar-refractivity contribution in [2.75, 3.05) is 26.7 Å². The topological polar surface area (TPSA) is 62.7 Å². The molecule has 2 amide bonds. The minimum absolute atomic E-state index is 0.0327. The fourth-order valence-electron chi connectivity index (χ4n) is 3.37. The Morgan fingerprint density at radius 2 is 2.14 bits per heavy atom. The van der Waals surface area contributed by atoms with Crippen molar-refractivity contribution < 1.29 is 14.3 Å². The first kappa shape index (κ1) is 14.8. The number of hydrogen-bond acceptors (Lipinski definition) is 4. The number of ether oxygens (including phenoxy) is 1. The number of aromatic nitrogens is 1. The number of piperidine rings is 1. The SMILES string of the molecule is Cc1cc(C)c(C(=O)N2CCC[C@]3(CN(C)C(=O)O3)C2)cn1. The number of carbonyl (C=O) groups excluding carboxylic acids is 2. The molecule has 1 aromatic rings. The van der Waals surface area contributed by atoms with E-state index in [1.807, 2.05) is 19.9 Å². The molecule has 3 rings (SSSR count). The van der Waals surface area contributed by atoms with Gasteiger partial charge in [-0.3, -0.25) is 9.78 Å². The Labute approximate surface area is 130 Å². The summed E-state index contributed by atoms with van der Waals surface area (Å²) < 4.78 is 5.55. The number of pyridine rings is 1. The maximum Gasteiger partial charge on any atom is 0.410 e. The van der Waals surface area contributed by atoms with Crippen LogP contribution in [0.15, 0.2) is 12.3 Å². The van der Waals surface area contributed by atoms with E-state index in [9.17, 15) is 9.59 Å². The monoisotopic (exact) mass is 303 g/mol. The highest BCUT2D eigenvalue weighted by molar-refractivity contribution is 5.95. The molecule has 2 aliphatic heterocycles. The van der Waals surface area contributed by atoms with Crippen LogP contribution in [-0.4, -0.2) is 59.1 Å². The summed E-state index contributed by atoms with van der Waals surface area (Å²) >= 11 is 0. The Morgan fingerprint density at radius 3 is 2.77 bits per heavy atom. The summed E-state index contributed by atoms with van der Waals surface area (Å²) in [5.74, 6) is -0.0327. The second-order valence-electron chi connectivity index (χ2n) is 6.38. The number of aryl methyl sites for hydroxylation is 2. The van der Waals surface area contributed by atoms with Crippen LogP contribution in [0.1, 0.15) is 34.5 Å². The smallest absolute Gasteiger partial charge is 0.410 e. The minimum Gasteiger partial charge on any atom is -0.439 e. The molecule has 0 radical (unpaired) electrons. The van der Waals surface area contributed by atoms with Crippen LogP contribution < -0.4 is 0 Å². The van der Waals surface area contributed by atoms with Gasteiger partial charge in [0.2, 0.25) is 0 Å². The van der Waals surface area contributed by atoms with Gasteiger partial charge in [0.25, 0.3) is 5.91 Å². The number of carbonyl (C=O) groups is 2. The molecule has 0 saturated carbocycles. The highest BCUT2D eigenvalue weighted by Crippen LogP contribution is 2.32. The minimum atomic E-state index is -0.550. The van der Waals surface area contributed by atoms with Gasteiger partial charge < -0.3 is 14.5 Å². The molecule has 0 N–H and O–H groups in total. The summed E-state index contributed by atoms with van der Waals surface area (Å²) in [6.45, 7) is 5.51. The lowest BCUT2D eigenvalue weighted by molar-refractivity contribution is -0.00525. The van der Waals surface area contributed by atoms with Gasteiger partial charge in [0, 0.05) is 25.5 Å². The molecule has 22 heavy (non-hydrogen) atoms. The van der Waals surface area contributed by atoms with Gasteiger partial charge in [0.15, 0.2) is 0 Å². The lowest BCUT2D eigenvalue weighted by atomic mass is 9.92. The van der Waals surface area contributed by atoms with Gasteiger partial charge in [-0.2, -0.15) is 0 Å². The van der Waals surface area contributed by atoms with Gasteiger partial charge in [0.05, 0.1) is 18.7 Å². The van der Waals surface area contributed by atoms with Gasteiger partial charge in [0.1, 0.15) is 5.60 Å². The standard InChI is InChI=1S/C16H21N3O3/c1-11-7-12(2)17-8-13(11)14(20)19-6-4-5-16(10-19)9-18(3)15(21)22-16/h7-8H,4-6,9-10H2,1-3H3/t16-/m0/s1. The zero-order chi connectivity index (χ0) is 15.9. The van der Waals surface area contributed by atoms with E-state index in [1.165, 1.54) is 0 Å². The summed E-state index contributed by atoms with van der Waals surface area (Å²) in [6, 6.07) is 1.91. The van der Waals surface area contributed by atoms with Crippen molar-refractivity contribution in [2.45, 2.75) is 32.3 Å². The molecule has 0 bridgehead atoms. The number of likely N-dealkylation sites (tertiary alicyclic amines) is 1. The first-order valence-electron chi connectivity index (χ1n) is 7.57. The van der Waals surface area contributed by atoms with E-state index >= 15 is 0 Å². The van der Waals surface area contributed by atoms with Gasteiger partial charge in [-0.15, -0.1) is 0 Å². The lowest BCUT2D eigenvalue weighted by Crippen LogP contribution is -2.52. The molecule has 0 aliphatic carbocycles. The summed E-state index contributed by atoms with van der Waals surface area (Å²) in [6.07, 6.45) is 2.98. The van der Waals surface area contributed by atoms with Gasteiger partial charge in [-0.25, -0.2) is 4.79 Å². The highest BCUT2D eigenvalue weighted by atomic mass is 16.6. The summed E-state index contributed by atoms with van der Waals surface area (Å²) in [5, 5.41) is 0. The molecule has 1 aromatic heterocycles. The maximum atomic E-state index is 12.8. The molecule has 0 unspecified atom stereocenters. The van der Waals surface area contributed by atoms with Gasteiger partial charge in [-0.1, -0.05) is 0 Å². The van der Waals surface area contributed by atoms with Crippen LogP contribution in [0.5, 0.6) is 0 Å². The number of nitrogens with zero attached hydrogens (tertiary/aromatic N) is 3. The van der Waals surface area contributed by atoms with Crippen LogP contribution in [0.2, 0.25) is 0 Å². The third-order valence-electron chi connectivity index (χ3n) is 4.45. The van der Waals surface area contributed by atoms with Crippen molar-refractivity contribution in [3.05, 3.63) is 29.1 Å². The Hall–Kier alpha value is -2.11. The van der Waals surface area contributed by atoms with Crippen LogP contribution in [0.25, 0.3) is 0 Å². The predicted octanol–water partition coefficient (Wildman–Crippen LogP) is 1.76. The first-order valence-corrected chi connectivity index (χ1v) is 7.57. The van der Waals surface area contributed by atoms with Crippen molar-refractivity contribution in [1.29, 1.82) is 0 Å². The molecule has 2 aliphatic rings. The quantitative estimate of drug-likeness (QED) is 0.793. The Balaban J connectivity index is 1.80. The summed E-state index contributed by atoms with van der Waals surface area (Å²) in [4.78, 5) is 32.0. The van der Waals surface area contributed by atoms with Crippen molar-refractivity contribution >= 4 is 12.0 Å². The molecule has 0 aromatic carbocycles. The van der Waals surface area contributed by atoms with E-state index in [4.69, 9.17) is 4.74 Å². The van der Waals surface area contributed by atoms with Crippen molar-refractivity contribution in [3.63, 3.8) is 0 Å². The van der Waals surface area contributed by atoms with E-state index in [1.54, 1.807) is 23.0 Å². The zero-order valence-electron chi connectivity index (χ0n) is 13.3. The molecular weight excluding hydrogens is 282 g/mol. The van der Waals surface area contributed by atoms with Crippen molar-refractivity contribution in [2.24, 2.45) is 0 Å². The van der Waals surface area contributed by atoms with E-state index in [0.717, 1.165) is 24.1 Å². The van der Waals surface area contributed by atoms with Crippen LogP contribution in [-0.2, 0) is 4.74 Å². The van der Waals surface area contributed by atoms with Crippen LogP contribution in [0, 0.1) is 13.8 Å². The van der Waals surface area contributed by atoms with Gasteiger partial charge >= 0.3 is 6.09 Å². The van der Waals surface area contributed by atoms with Gasteiger partial charge in [-0.05, 0) is 38.3 Å². The molecule has 2 saturated heterocycles. The second-order valence-corrected chi connectivity index (χ2v) is 6.38. The van der Waals surface area contributed by atoms with Crippen molar-refractivity contribution in [1.82, 2.24) is 14.8 Å². The number of hydrogen-bond donors (Lipinski definition) is 0. The highest BCUT2D eigenvalue weighted by Gasteiger charge is 2.47. The predicted molar refractivity (Wildman–Crippen MR) is 80.7 cm³/mol. The fraction of sp³-hybridized carbons (Fsp3) is 0.562. The molecule has 1 atom stereocenters. The van der Waals surface area contributed by atoms with E-state index in [2.05, 4.69) is 4.98 Å². The first-order chi connectivity index (χ1) is 10.4. The third-order valence-corrected chi connectivity index (χ3v) is 4.45. The molecule has 118 valence electrons. The molecule has 2 fully saturated rings. The van der Waals surface area contributed by atoms with Crippen LogP contribution in [0.4, 0.5) is 4.79 Å². The number of likely N-dealkylation sites (N-methyl/N-ethyl adjacent to an activating group) is 1. The van der Waals surface area contributed by atoms with Crippen LogP contribution in [0.3, 0.4) is 0 Å². The average molecular weight is 303 g/mol. The Kier molecular flexibility index (Phi) is 3.54. The maximum absolute atomic E-state index is 12.8. The van der Waals surface area contributed by atoms with Crippen LogP contribution >= 0.6 is 0 Å². The largest absolute Gasteiger partial charge is 0.439 e. The Bertz CT molecular complexity index is 631. The molecule has 6 nitrogen and oxygen atoms in total. The second kappa shape index (κ2) is 5.26. The molecule has 1 spiro atoms. The zero-order valence-corrected chi connectivity index (χ0v) is 13.3. The Morgan fingerprint density at radius 1 is 1.36 bits per heavy atom. The summed E-state index contributed by atoms with van der Waals surface area (Å²) in [7, 11) is 1.73. The van der Waals surface area contributed by atoms with E-state index in [-0.39, 0.29) is 12.0 Å². The normalized spacial score (nSPS) is 24.8. The third kappa shape index (κ3) is 2.53. The van der Waals surface area contributed by atoms with E-state index < -0.39 is 5.60 Å². The fourth-order valence-corrected chi connectivity index (χ4v) is 3.37. The lowest BCUT2D eigenvalue weighted by Gasteiger charge is -2.38. The molecular formula is C16H21N3O3. The average Bonchev–Trinajstić information content (AvgIpc) is 2.72.